The summed E-state index contributed by atoms with van der Waals surface area (Å²) in [6.07, 6.45) is 0.430. The Bertz CT molecular complexity index is 1080. The normalized spacial score (nSPS) is 20.2. The number of methoxy groups -OCH3 is 1. The molecule has 0 radical (unpaired) electrons. The minimum Gasteiger partial charge on any atom is -0.497 e. The van der Waals surface area contributed by atoms with Crippen LogP contribution in [0.5, 0.6) is 5.75 Å². The molecule has 0 aromatic heterocycles. The molecule has 0 saturated carbocycles. The van der Waals surface area contributed by atoms with Gasteiger partial charge in [0.15, 0.2) is 15.6 Å². The lowest BCUT2D eigenvalue weighted by Crippen LogP contribution is -2.42. The monoisotopic (exact) mass is 459 g/mol. The molecule has 2 heterocycles. The van der Waals surface area contributed by atoms with Crippen LogP contribution in [0, 0.1) is 0 Å². The summed E-state index contributed by atoms with van der Waals surface area (Å²) in [6, 6.07) is 16.8. The van der Waals surface area contributed by atoms with Gasteiger partial charge in [0.1, 0.15) is 5.75 Å². The molecule has 2 aromatic rings. The average molecular weight is 460 g/mol. The van der Waals surface area contributed by atoms with E-state index in [1.54, 1.807) is 23.8 Å². The molecule has 1 amide bonds. The summed E-state index contributed by atoms with van der Waals surface area (Å²) in [4.78, 5) is 16.2. The van der Waals surface area contributed by atoms with Gasteiger partial charge < -0.3 is 14.4 Å². The molecule has 31 heavy (non-hydrogen) atoms. The highest BCUT2D eigenvalue weighted by Crippen LogP contribution is 2.36. The molecule has 0 spiro atoms. The zero-order valence-electron chi connectivity index (χ0n) is 17.3. The van der Waals surface area contributed by atoms with E-state index in [1.165, 1.54) is 0 Å². The SMILES string of the molecule is COc1cccc(CN(C(=O)C2=C(c3ccccc3)SCCO2)[C@H]2CCS(=O)(=O)C2)c1. The number of hydrogen-bond donors (Lipinski definition) is 0. The molecular weight excluding hydrogens is 434 g/mol. The van der Waals surface area contributed by atoms with Gasteiger partial charge >= 0.3 is 0 Å². The molecule has 4 rings (SSSR count). The molecule has 6 nitrogen and oxygen atoms in total. The average Bonchev–Trinajstić information content (AvgIpc) is 3.17. The Kier molecular flexibility index (Phi) is 6.57. The van der Waals surface area contributed by atoms with Crippen LogP contribution in [-0.4, -0.2) is 56.2 Å². The molecule has 1 fully saturated rings. The summed E-state index contributed by atoms with van der Waals surface area (Å²) in [5.74, 6) is 1.56. The highest BCUT2D eigenvalue weighted by Gasteiger charge is 2.37. The number of benzene rings is 2. The third-order valence-corrected chi connectivity index (χ3v) is 8.24. The van der Waals surface area contributed by atoms with Crippen molar-refractivity contribution in [3.63, 3.8) is 0 Å². The second kappa shape index (κ2) is 9.36. The van der Waals surface area contributed by atoms with Crippen molar-refractivity contribution in [2.75, 3.05) is 31.0 Å². The lowest BCUT2D eigenvalue weighted by molar-refractivity contribution is -0.133. The Morgan fingerprint density at radius 3 is 2.71 bits per heavy atom. The smallest absolute Gasteiger partial charge is 0.290 e. The molecule has 1 atom stereocenters. The van der Waals surface area contributed by atoms with Crippen LogP contribution in [0.2, 0.25) is 0 Å². The van der Waals surface area contributed by atoms with Gasteiger partial charge in [0.05, 0.1) is 30.1 Å². The topological polar surface area (TPSA) is 72.9 Å². The third kappa shape index (κ3) is 5.07. The number of nitrogens with zero attached hydrogens (tertiary/aromatic N) is 1. The molecule has 2 aliphatic heterocycles. The summed E-state index contributed by atoms with van der Waals surface area (Å²) in [7, 11) is -1.56. The van der Waals surface area contributed by atoms with Crippen molar-refractivity contribution in [1.29, 1.82) is 0 Å². The maximum absolute atomic E-state index is 13.7. The minimum absolute atomic E-state index is 0.0240. The molecule has 0 bridgehead atoms. The highest BCUT2D eigenvalue weighted by molar-refractivity contribution is 8.08. The molecule has 2 aromatic carbocycles. The number of ether oxygens (including phenoxy) is 2. The fourth-order valence-corrected chi connectivity index (χ4v) is 6.55. The zero-order chi connectivity index (χ0) is 21.8. The largest absolute Gasteiger partial charge is 0.497 e. The highest BCUT2D eigenvalue weighted by atomic mass is 32.2. The van der Waals surface area contributed by atoms with Crippen molar-refractivity contribution in [2.24, 2.45) is 0 Å². The van der Waals surface area contributed by atoms with Crippen molar-refractivity contribution < 1.29 is 22.7 Å². The van der Waals surface area contributed by atoms with Crippen molar-refractivity contribution in [3.8, 4) is 5.75 Å². The molecule has 0 N–H and O–H groups in total. The predicted molar refractivity (Wildman–Crippen MR) is 122 cm³/mol. The number of carbonyl (C=O) groups excluding carboxylic acids is 1. The van der Waals surface area contributed by atoms with Crippen molar-refractivity contribution in [2.45, 2.75) is 19.0 Å². The standard InChI is InChI=1S/C23H25NO5S2/c1-28-20-9-5-6-17(14-20)15-24(19-10-13-31(26,27)16-19)23(25)21-22(30-12-11-29-21)18-7-3-2-4-8-18/h2-9,14,19H,10-13,15-16H2,1H3/t19-/m0/s1. The van der Waals surface area contributed by atoms with Gasteiger partial charge in [-0.3, -0.25) is 4.79 Å². The number of thioether (sulfide) groups is 1. The Hall–Kier alpha value is -2.45. The molecule has 0 aliphatic carbocycles. The summed E-state index contributed by atoms with van der Waals surface area (Å²) < 4.78 is 35.5. The first-order valence-electron chi connectivity index (χ1n) is 10.2. The summed E-state index contributed by atoms with van der Waals surface area (Å²) in [5.41, 5.74) is 1.80. The van der Waals surface area contributed by atoms with E-state index in [0.717, 1.165) is 21.8 Å². The molecule has 8 heteroatoms. The van der Waals surface area contributed by atoms with Crippen LogP contribution in [0.3, 0.4) is 0 Å². The Morgan fingerprint density at radius 2 is 2.00 bits per heavy atom. The number of sulfone groups is 1. The Balaban J connectivity index is 1.71. The quantitative estimate of drug-likeness (QED) is 0.660. The van der Waals surface area contributed by atoms with Crippen LogP contribution in [0.1, 0.15) is 17.5 Å². The Labute approximate surface area is 187 Å². The zero-order valence-corrected chi connectivity index (χ0v) is 19.0. The second-order valence-electron chi connectivity index (χ2n) is 7.56. The van der Waals surface area contributed by atoms with Gasteiger partial charge in [-0.1, -0.05) is 42.5 Å². The van der Waals surface area contributed by atoms with E-state index in [9.17, 15) is 13.2 Å². The van der Waals surface area contributed by atoms with Crippen LogP contribution < -0.4 is 4.74 Å². The molecule has 2 aliphatic rings. The van der Waals surface area contributed by atoms with Gasteiger partial charge in [-0.25, -0.2) is 8.42 Å². The maximum Gasteiger partial charge on any atom is 0.290 e. The summed E-state index contributed by atoms with van der Waals surface area (Å²) >= 11 is 1.59. The van der Waals surface area contributed by atoms with Crippen molar-refractivity contribution >= 4 is 32.4 Å². The molecular formula is C23H25NO5S2. The fraction of sp³-hybridized carbons (Fsp3) is 0.348. The van der Waals surface area contributed by atoms with Gasteiger partial charge in [-0.2, -0.15) is 0 Å². The molecule has 0 unspecified atom stereocenters. The van der Waals surface area contributed by atoms with Gasteiger partial charge in [-0.15, -0.1) is 11.8 Å². The van der Waals surface area contributed by atoms with E-state index in [4.69, 9.17) is 9.47 Å². The van der Waals surface area contributed by atoms with Crippen LogP contribution in [0.4, 0.5) is 0 Å². The molecule has 1 saturated heterocycles. The van der Waals surface area contributed by atoms with Crippen molar-refractivity contribution in [3.05, 3.63) is 71.5 Å². The van der Waals surface area contributed by atoms with Crippen molar-refractivity contribution in [1.82, 2.24) is 4.90 Å². The lowest BCUT2D eigenvalue weighted by atomic mass is 10.1. The van der Waals surface area contributed by atoms with E-state index in [2.05, 4.69) is 0 Å². The van der Waals surface area contributed by atoms with E-state index in [0.29, 0.717) is 24.5 Å². The van der Waals surface area contributed by atoms with Gasteiger partial charge in [0.2, 0.25) is 0 Å². The fourth-order valence-electron chi connectivity index (χ4n) is 3.87. The van der Waals surface area contributed by atoms with Gasteiger partial charge in [-0.05, 0) is 29.7 Å². The predicted octanol–water partition coefficient (Wildman–Crippen LogP) is 3.34. The first-order valence-corrected chi connectivity index (χ1v) is 13.0. The van der Waals surface area contributed by atoms with E-state index < -0.39 is 9.84 Å². The van der Waals surface area contributed by atoms with E-state index >= 15 is 0 Å². The van der Waals surface area contributed by atoms with Crippen LogP contribution in [0.15, 0.2) is 60.4 Å². The minimum atomic E-state index is -3.16. The van der Waals surface area contributed by atoms with Crippen LogP contribution >= 0.6 is 11.8 Å². The summed E-state index contributed by atoms with van der Waals surface area (Å²) in [6.45, 7) is 0.730. The third-order valence-electron chi connectivity index (χ3n) is 5.41. The van der Waals surface area contributed by atoms with E-state index in [1.807, 2.05) is 54.6 Å². The summed E-state index contributed by atoms with van der Waals surface area (Å²) in [5, 5.41) is 0. The lowest BCUT2D eigenvalue weighted by Gasteiger charge is -2.31. The number of hydrogen-bond acceptors (Lipinski definition) is 6. The number of rotatable bonds is 6. The van der Waals surface area contributed by atoms with Crippen LogP contribution in [-0.2, 0) is 25.9 Å². The Morgan fingerprint density at radius 1 is 1.19 bits per heavy atom. The number of amides is 1. The first kappa shape index (κ1) is 21.8. The second-order valence-corrected chi connectivity index (χ2v) is 10.9. The van der Waals surface area contributed by atoms with E-state index in [-0.39, 0.29) is 30.0 Å². The van der Waals surface area contributed by atoms with Crippen LogP contribution in [0.25, 0.3) is 4.91 Å². The number of carbonyl (C=O) groups is 1. The first-order chi connectivity index (χ1) is 15.0. The van der Waals surface area contributed by atoms with Gasteiger partial charge in [0.25, 0.3) is 5.91 Å². The van der Waals surface area contributed by atoms with Gasteiger partial charge in [0, 0.05) is 18.3 Å². The maximum atomic E-state index is 13.7. The molecule has 164 valence electrons.